The first-order valence-electron chi connectivity index (χ1n) is 10.2. The van der Waals surface area contributed by atoms with Crippen LogP contribution in [0.2, 0.25) is 0 Å². The largest absolute Gasteiger partial charge is 0.477 e. The molecule has 0 saturated heterocycles. The molecule has 1 fully saturated rings. The van der Waals surface area contributed by atoms with Crippen molar-refractivity contribution in [3.8, 4) is 16.8 Å². The van der Waals surface area contributed by atoms with Gasteiger partial charge < -0.3 is 19.5 Å². The number of nitrogens with one attached hydrogen (secondary N) is 1. The molecular formula is C22H24FN3O4S. The second-order valence-electron chi connectivity index (χ2n) is 7.71. The SMILES string of the molecule is CC(=O)N[C@@H](C)CO[C@H]1C[C@H](COc2ccc3nc(Oc4ccc(F)cc4)sc3n2)C1. The number of pyridine rings is 1. The number of halogens is 1. The predicted octanol–water partition coefficient (Wildman–Crippen LogP) is 4.32. The van der Waals surface area contributed by atoms with E-state index in [2.05, 4.69) is 15.3 Å². The maximum Gasteiger partial charge on any atom is 0.281 e. The third kappa shape index (κ3) is 5.89. The minimum Gasteiger partial charge on any atom is -0.477 e. The Bertz CT molecular complexity index is 1040. The Kier molecular flexibility index (Phi) is 6.62. The number of amides is 1. The first-order valence-corrected chi connectivity index (χ1v) is 11.0. The van der Waals surface area contributed by atoms with Gasteiger partial charge in [0.15, 0.2) is 4.83 Å². The van der Waals surface area contributed by atoms with Crippen molar-refractivity contribution >= 4 is 27.6 Å². The molecule has 0 spiro atoms. The average Bonchev–Trinajstić information content (AvgIpc) is 3.09. The van der Waals surface area contributed by atoms with E-state index in [0.717, 1.165) is 23.2 Å². The summed E-state index contributed by atoms with van der Waals surface area (Å²) >= 11 is 1.31. The molecule has 0 unspecified atom stereocenters. The first kappa shape index (κ1) is 21.5. The van der Waals surface area contributed by atoms with Crippen LogP contribution in [0.4, 0.5) is 4.39 Å². The molecule has 1 aliphatic carbocycles. The Morgan fingerprint density at radius 2 is 2.00 bits per heavy atom. The molecule has 1 N–H and O–H groups in total. The second-order valence-corrected chi connectivity index (χ2v) is 8.65. The summed E-state index contributed by atoms with van der Waals surface area (Å²) in [7, 11) is 0. The van der Waals surface area contributed by atoms with Gasteiger partial charge in [-0.05, 0) is 56.0 Å². The Labute approximate surface area is 183 Å². The Morgan fingerprint density at radius 3 is 2.74 bits per heavy atom. The fourth-order valence-electron chi connectivity index (χ4n) is 3.33. The maximum atomic E-state index is 13.0. The number of rotatable bonds is 9. The molecule has 0 radical (unpaired) electrons. The van der Waals surface area contributed by atoms with Crippen LogP contribution >= 0.6 is 11.3 Å². The molecule has 1 amide bonds. The van der Waals surface area contributed by atoms with E-state index in [1.165, 1.54) is 30.4 Å². The molecule has 0 aliphatic heterocycles. The average molecular weight is 446 g/mol. The fraction of sp³-hybridized carbons (Fsp3) is 0.409. The van der Waals surface area contributed by atoms with Gasteiger partial charge in [-0.3, -0.25) is 4.79 Å². The van der Waals surface area contributed by atoms with Crippen LogP contribution in [0.15, 0.2) is 36.4 Å². The third-order valence-corrected chi connectivity index (χ3v) is 5.76. The summed E-state index contributed by atoms with van der Waals surface area (Å²) in [6, 6.07) is 9.45. The van der Waals surface area contributed by atoms with Gasteiger partial charge in [0.2, 0.25) is 11.8 Å². The lowest BCUT2D eigenvalue weighted by Gasteiger charge is -2.35. The van der Waals surface area contributed by atoms with Gasteiger partial charge in [0.25, 0.3) is 5.19 Å². The standard InChI is InChI=1S/C22H24FN3O4S/c1-13(24-14(2)27)11-28-18-9-15(10-18)12-29-20-8-7-19-21(26-20)31-22(25-19)30-17-5-3-16(23)4-6-17/h3-8,13,15,18H,9-12H2,1-2H3,(H,24,27)/t13-,15-,18-/m0/s1. The number of thiazole rings is 1. The number of carbonyl (C=O) groups excluding carboxylic acids is 1. The number of fused-ring (bicyclic) bond motifs is 1. The van der Waals surface area contributed by atoms with Crippen molar-refractivity contribution in [2.75, 3.05) is 13.2 Å². The zero-order valence-electron chi connectivity index (χ0n) is 17.3. The summed E-state index contributed by atoms with van der Waals surface area (Å²) in [6.45, 7) is 4.53. The minimum atomic E-state index is -0.316. The van der Waals surface area contributed by atoms with Gasteiger partial charge in [-0.2, -0.15) is 0 Å². The molecular weight excluding hydrogens is 421 g/mol. The van der Waals surface area contributed by atoms with Crippen LogP contribution in [-0.4, -0.2) is 41.2 Å². The van der Waals surface area contributed by atoms with Gasteiger partial charge in [0.1, 0.15) is 17.1 Å². The van der Waals surface area contributed by atoms with Gasteiger partial charge in [-0.25, -0.2) is 14.4 Å². The summed E-state index contributed by atoms with van der Waals surface area (Å²) < 4.78 is 30.4. The summed E-state index contributed by atoms with van der Waals surface area (Å²) in [5.41, 5.74) is 0.722. The van der Waals surface area contributed by atoms with E-state index in [4.69, 9.17) is 14.2 Å². The molecule has 2 heterocycles. The highest BCUT2D eigenvalue weighted by molar-refractivity contribution is 7.19. The van der Waals surface area contributed by atoms with E-state index in [1.807, 2.05) is 13.0 Å². The number of nitrogens with zero attached hydrogens (tertiary/aromatic N) is 2. The quantitative estimate of drug-likeness (QED) is 0.528. The highest BCUT2D eigenvalue weighted by Crippen LogP contribution is 2.33. The number of ether oxygens (including phenoxy) is 3. The zero-order chi connectivity index (χ0) is 21.8. The number of benzene rings is 1. The molecule has 164 valence electrons. The van der Waals surface area contributed by atoms with E-state index in [9.17, 15) is 9.18 Å². The van der Waals surface area contributed by atoms with Gasteiger partial charge >= 0.3 is 0 Å². The second kappa shape index (κ2) is 9.57. The fourth-order valence-corrected chi connectivity index (χ4v) is 4.13. The van der Waals surface area contributed by atoms with Crippen LogP contribution in [0.5, 0.6) is 16.8 Å². The van der Waals surface area contributed by atoms with Crippen molar-refractivity contribution in [1.29, 1.82) is 0 Å². The molecule has 3 aromatic rings. The van der Waals surface area contributed by atoms with E-state index in [1.54, 1.807) is 18.2 Å². The molecule has 4 rings (SSSR count). The van der Waals surface area contributed by atoms with E-state index >= 15 is 0 Å². The number of aromatic nitrogens is 2. The van der Waals surface area contributed by atoms with E-state index in [0.29, 0.717) is 36.0 Å². The van der Waals surface area contributed by atoms with Crippen molar-refractivity contribution in [2.45, 2.75) is 38.8 Å². The van der Waals surface area contributed by atoms with E-state index < -0.39 is 0 Å². The van der Waals surface area contributed by atoms with Crippen molar-refractivity contribution in [1.82, 2.24) is 15.3 Å². The summed E-state index contributed by atoms with van der Waals surface area (Å²) in [6.07, 6.45) is 2.09. The van der Waals surface area contributed by atoms with Crippen LogP contribution in [0.3, 0.4) is 0 Å². The van der Waals surface area contributed by atoms with Crippen LogP contribution in [0, 0.1) is 11.7 Å². The predicted molar refractivity (Wildman–Crippen MR) is 115 cm³/mol. The molecule has 7 nitrogen and oxygen atoms in total. The number of hydrogen-bond donors (Lipinski definition) is 1. The monoisotopic (exact) mass is 445 g/mol. The Morgan fingerprint density at radius 1 is 1.23 bits per heavy atom. The van der Waals surface area contributed by atoms with Gasteiger partial charge in [0.05, 0.1) is 19.3 Å². The van der Waals surface area contributed by atoms with Gasteiger partial charge in [0, 0.05) is 19.0 Å². The van der Waals surface area contributed by atoms with Crippen LogP contribution in [0.25, 0.3) is 10.3 Å². The normalized spacial score (nSPS) is 18.9. The summed E-state index contributed by atoms with van der Waals surface area (Å²) in [5.74, 6) is 1.13. The molecule has 1 atom stereocenters. The zero-order valence-corrected chi connectivity index (χ0v) is 18.2. The van der Waals surface area contributed by atoms with Crippen molar-refractivity contribution in [2.24, 2.45) is 5.92 Å². The van der Waals surface area contributed by atoms with Crippen LogP contribution in [0.1, 0.15) is 26.7 Å². The van der Waals surface area contributed by atoms with Gasteiger partial charge in [-0.15, -0.1) is 0 Å². The molecule has 2 aromatic heterocycles. The lowest BCUT2D eigenvalue weighted by molar-refractivity contribution is -0.120. The number of carbonyl (C=O) groups is 1. The van der Waals surface area contributed by atoms with Gasteiger partial charge in [-0.1, -0.05) is 11.3 Å². The highest BCUT2D eigenvalue weighted by atomic mass is 32.1. The molecule has 31 heavy (non-hydrogen) atoms. The Hall–Kier alpha value is -2.78. The molecule has 1 aromatic carbocycles. The first-order chi connectivity index (χ1) is 14.9. The number of hydrogen-bond acceptors (Lipinski definition) is 7. The topological polar surface area (TPSA) is 82.6 Å². The van der Waals surface area contributed by atoms with Crippen LogP contribution in [-0.2, 0) is 9.53 Å². The summed E-state index contributed by atoms with van der Waals surface area (Å²) in [4.78, 5) is 20.6. The lowest BCUT2D eigenvalue weighted by atomic mass is 9.83. The lowest BCUT2D eigenvalue weighted by Crippen LogP contribution is -2.40. The molecule has 0 bridgehead atoms. The van der Waals surface area contributed by atoms with Crippen molar-refractivity contribution < 1.29 is 23.4 Å². The molecule has 1 aliphatic rings. The Balaban J connectivity index is 1.23. The van der Waals surface area contributed by atoms with E-state index in [-0.39, 0.29) is 23.9 Å². The summed E-state index contributed by atoms with van der Waals surface area (Å²) in [5, 5.41) is 3.25. The smallest absolute Gasteiger partial charge is 0.281 e. The van der Waals surface area contributed by atoms with Crippen LogP contribution < -0.4 is 14.8 Å². The third-order valence-electron chi connectivity index (χ3n) is 4.92. The van der Waals surface area contributed by atoms with Crippen molar-refractivity contribution in [3.63, 3.8) is 0 Å². The minimum absolute atomic E-state index is 0.0139. The maximum absolute atomic E-state index is 13.0. The van der Waals surface area contributed by atoms with Crippen molar-refractivity contribution in [3.05, 3.63) is 42.2 Å². The molecule has 9 heteroatoms. The molecule has 1 saturated carbocycles. The highest BCUT2D eigenvalue weighted by Gasteiger charge is 2.30.